The number of carbonyl (C=O) groups excluding carboxylic acids is 1. The lowest BCUT2D eigenvalue weighted by molar-refractivity contribution is 0.151. The molecule has 0 aromatic heterocycles. The highest BCUT2D eigenvalue weighted by Gasteiger charge is 2.52. The molecule has 1 amide bonds. The molecule has 3 nitrogen and oxygen atoms in total. The van der Waals surface area contributed by atoms with Crippen LogP contribution in [0.1, 0.15) is 35.4 Å². The van der Waals surface area contributed by atoms with Crippen LogP contribution in [0.15, 0.2) is 48.5 Å². The fourth-order valence-corrected chi connectivity index (χ4v) is 3.23. The number of benzene rings is 2. The van der Waals surface area contributed by atoms with E-state index in [1.807, 2.05) is 24.3 Å². The van der Waals surface area contributed by atoms with Crippen LogP contribution in [0.3, 0.4) is 0 Å². The van der Waals surface area contributed by atoms with E-state index in [0.717, 1.165) is 5.02 Å². The van der Waals surface area contributed by atoms with E-state index in [9.17, 15) is 4.79 Å². The highest BCUT2D eigenvalue weighted by atomic mass is 35.5. The van der Waals surface area contributed by atoms with Gasteiger partial charge >= 0.3 is 6.09 Å². The van der Waals surface area contributed by atoms with Crippen molar-refractivity contribution in [1.82, 2.24) is 5.32 Å². The first kappa shape index (κ1) is 15.9. The molecule has 0 heterocycles. The molecule has 3 atom stereocenters. The van der Waals surface area contributed by atoms with Gasteiger partial charge in [0.2, 0.25) is 0 Å². The van der Waals surface area contributed by atoms with E-state index in [4.69, 9.17) is 16.3 Å². The monoisotopic (exact) mass is 329 g/mol. The largest absolute Gasteiger partial charge is 0.450 e. The fraction of sp³-hybridized carbons (Fsp3) is 0.316. The van der Waals surface area contributed by atoms with E-state index in [2.05, 4.69) is 36.5 Å². The summed E-state index contributed by atoms with van der Waals surface area (Å²) < 4.78 is 5.03. The van der Waals surface area contributed by atoms with Crippen molar-refractivity contribution < 1.29 is 9.53 Å². The molecule has 1 saturated carbocycles. The van der Waals surface area contributed by atoms with Gasteiger partial charge in [-0.05, 0) is 37.1 Å². The molecule has 2 aromatic carbocycles. The summed E-state index contributed by atoms with van der Waals surface area (Å²) in [6, 6.07) is 16.4. The second-order valence-corrected chi connectivity index (χ2v) is 6.34. The van der Waals surface area contributed by atoms with Crippen molar-refractivity contribution in [2.45, 2.75) is 31.7 Å². The van der Waals surface area contributed by atoms with Crippen molar-refractivity contribution >= 4 is 17.7 Å². The van der Waals surface area contributed by atoms with E-state index < -0.39 is 0 Å². The van der Waals surface area contributed by atoms with Crippen molar-refractivity contribution in [2.75, 3.05) is 6.61 Å². The Bertz CT molecular complexity index is 630. The van der Waals surface area contributed by atoms with Gasteiger partial charge in [0.1, 0.15) is 0 Å². The third-order valence-corrected chi connectivity index (χ3v) is 4.55. The molecule has 0 aliphatic heterocycles. The smallest absolute Gasteiger partial charge is 0.407 e. The summed E-state index contributed by atoms with van der Waals surface area (Å²) >= 11 is 5.98. The molecule has 1 fully saturated rings. The maximum absolute atomic E-state index is 11.8. The van der Waals surface area contributed by atoms with Crippen molar-refractivity contribution in [3.63, 3.8) is 0 Å². The minimum atomic E-state index is -0.355. The Kier molecular flexibility index (Phi) is 4.58. The lowest BCUT2D eigenvalue weighted by Gasteiger charge is -2.05. The third kappa shape index (κ3) is 3.50. The number of hydrogen-bond donors (Lipinski definition) is 1. The lowest BCUT2D eigenvalue weighted by Crippen LogP contribution is -2.28. The van der Waals surface area contributed by atoms with Crippen LogP contribution in [0.2, 0.25) is 5.02 Å². The highest BCUT2D eigenvalue weighted by Crippen LogP contribution is 2.54. The first-order chi connectivity index (χ1) is 11.1. The van der Waals surface area contributed by atoms with Crippen LogP contribution < -0.4 is 5.32 Å². The molecule has 3 rings (SSSR count). The predicted octanol–water partition coefficient (Wildman–Crippen LogP) is 4.64. The average molecular weight is 330 g/mol. The molecule has 1 N–H and O–H groups in total. The Hall–Kier alpha value is -2.00. The number of hydrogen-bond acceptors (Lipinski definition) is 2. The number of nitrogens with one attached hydrogen (secondary N) is 1. The summed E-state index contributed by atoms with van der Waals surface area (Å²) in [5.74, 6) is 0.514. The van der Waals surface area contributed by atoms with E-state index in [1.54, 1.807) is 6.92 Å². The number of ether oxygens (including phenoxy) is 1. The summed E-state index contributed by atoms with van der Waals surface area (Å²) in [6.07, 6.45) is -0.355. The van der Waals surface area contributed by atoms with Gasteiger partial charge in [0, 0.05) is 22.9 Å². The predicted molar refractivity (Wildman–Crippen MR) is 92.1 cm³/mol. The maximum Gasteiger partial charge on any atom is 0.407 e. The Morgan fingerprint density at radius 2 is 1.57 bits per heavy atom. The van der Waals surface area contributed by atoms with Crippen molar-refractivity contribution in [3.8, 4) is 0 Å². The van der Waals surface area contributed by atoms with Crippen LogP contribution in [-0.2, 0) is 4.74 Å². The van der Waals surface area contributed by atoms with Gasteiger partial charge in [-0.15, -0.1) is 0 Å². The molecule has 0 spiro atoms. The minimum Gasteiger partial charge on any atom is -0.450 e. The van der Waals surface area contributed by atoms with Crippen LogP contribution in [0.5, 0.6) is 0 Å². The molecule has 0 bridgehead atoms. The first-order valence-corrected chi connectivity index (χ1v) is 8.23. The molecule has 1 aliphatic carbocycles. The van der Waals surface area contributed by atoms with Gasteiger partial charge in [0.05, 0.1) is 6.61 Å². The Morgan fingerprint density at radius 1 is 1.04 bits per heavy atom. The first-order valence-electron chi connectivity index (χ1n) is 7.85. The van der Waals surface area contributed by atoms with Crippen LogP contribution in [0, 0.1) is 6.92 Å². The zero-order valence-electron chi connectivity index (χ0n) is 13.3. The van der Waals surface area contributed by atoms with E-state index in [1.165, 1.54) is 16.7 Å². The quantitative estimate of drug-likeness (QED) is 0.887. The second-order valence-electron chi connectivity index (χ2n) is 5.90. The normalized spacial score (nSPS) is 22.5. The van der Waals surface area contributed by atoms with Gasteiger partial charge in [0.15, 0.2) is 0 Å². The van der Waals surface area contributed by atoms with E-state index >= 15 is 0 Å². The topological polar surface area (TPSA) is 38.3 Å². The van der Waals surface area contributed by atoms with Gasteiger partial charge < -0.3 is 10.1 Å². The molecule has 0 radical (unpaired) electrons. The lowest BCUT2D eigenvalue weighted by atomic mass is 10.0. The molecule has 120 valence electrons. The molecular weight excluding hydrogens is 310 g/mol. The van der Waals surface area contributed by atoms with Crippen LogP contribution >= 0.6 is 11.6 Å². The summed E-state index contributed by atoms with van der Waals surface area (Å²) in [7, 11) is 0. The van der Waals surface area contributed by atoms with Crippen LogP contribution in [-0.4, -0.2) is 18.7 Å². The van der Waals surface area contributed by atoms with Crippen LogP contribution in [0.4, 0.5) is 4.79 Å². The number of rotatable bonds is 4. The Morgan fingerprint density at radius 3 is 2.09 bits per heavy atom. The van der Waals surface area contributed by atoms with Gasteiger partial charge in [0.25, 0.3) is 0 Å². The minimum absolute atomic E-state index is 0.0536. The molecule has 4 heteroatoms. The second kappa shape index (κ2) is 6.63. The fourth-order valence-electron chi connectivity index (χ4n) is 3.10. The molecule has 0 saturated heterocycles. The number of carbonyl (C=O) groups is 1. The van der Waals surface area contributed by atoms with Crippen molar-refractivity contribution in [2.24, 2.45) is 0 Å². The van der Waals surface area contributed by atoms with Gasteiger partial charge in [-0.2, -0.15) is 0 Å². The van der Waals surface area contributed by atoms with E-state index in [-0.39, 0.29) is 24.0 Å². The summed E-state index contributed by atoms with van der Waals surface area (Å²) in [5, 5.41) is 3.71. The van der Waals surface area contributed by atoms with Gasteiger partial charge in [-0.1, -0.05) is 53.6 Å². The summed E-state index contributed by atoms with van der Waals surface area (Å²) in [5.41, 5.74) is 3.64. The number of halogens is 1. The average Bonchev–Trinajstić information content (AvgIpc) is 3.22. The standard InChI is InChI=1S/C19H20ClNO2/c1-3-23-19(22)21-18-16(13-6-4-12(2)5-7-13)17(18)14-8-10-15(20)11-9-14/h4-11,16-18H,3H2,1-2H3,(H,21,22)/t16-,17-,18?/m0/s1. The Labute approximate surface area is 141 Å². The number of alkyl carbamates (subject to hydrolysis) is 1. The number of aryl methyl sites for hydroxylation is 1. The van der Waals surface area contributed by atoms with Crippen molar-refractivity contribution in [1.29, 1.82) is 0 Å². The summed E-state index contributed by atoms with van der Waals surface area (Å²) in [6.45, 7) is 4.25. The van der Waals surface area contributed by atoms with Crippen LogP contribution in [0.25, 0.3) is 0 Å². The third-order valence-electron chi connectivity index (χ3n) is 4.30. The maximum atomic E-state index is 11.8. The molecule has 23 heavy (non-hydrogen) atoms. The molecule has 1 aliphatic rings. The zero-order chi connectivity index (χ0) is 16.4. The van der Waals surface area contributed by atoms with E-state index in [0.29, 0.717) is 6.61 Å². The summed E-state index contributed by atoms with van der Waals surface area (Å²) in [4.78, 5) is 11.8. The number of amides is 1. The SMILES string of the molecule is CCOC(=O)NC1[C@@H](c2ccc(C)cc2)[C@@H]1c1ccc(Cl)cc1. The molecular formula is C19H20ClNO2. The molecule has 2 aromatic rings. The van der Waals surface area contributed by atoms with Gasteiger partial charge in [-0.3, -0.25) is 0 Å². The molecule has 1 unspecified atom stereocenters. The zero-order valence-corrected chi connectivity index (χ0v) is 14.0. The Balaban J connectivity index is 1.83. The van der Waals surface area contributed by atoms with Crippen molar-refractivity contribution in [3.05, 3.63) is 70.2 Å². The van der Waals surface area contributed by atoms with Gasteiger partial charge in [-0.25, -0.2) is 4.79 Å². The highest BCUT2D eigenvalue weighted by molar-refractivity contribution is 6.30.